The summed E-state index contributed by atoms with van der Waals surface area (Å²) in [7, 11) is -1.76. The van der Waals surface area contributed by atoms with Gasteiger partial charge in [-0.2, -0.15) is 0 Å². The Labute approximate surface area is 142 Å². The summed E-state index contributed by atoms with van der Waals surface area (Å²) in [6.07, 6.45) is 0. The third-order valence-electron chi connectivity index (χ3n) is 3.50. The lowest BCUT2D eigenvalue weighted by Gasteiger charge is -2.29. The van der Waals surface area contributed by atoms with E-state index >= 15 is 0 Å². The van der Waals surface area contributed by atoms with E-state index in [2.05, 4.69) is 0 Å². The number of benzene rings is 3. The van der Waals surface area contributed by atoms with Crippen LogP contribution in [-0.4, -0.2) is 21.0 Å². The van der Waals surface area contributed by atoms with Crippen LogP contribution < -0.4 is 14.0 Å². The standard InChI is InChI=1S/C19H18O4Si/c1-21-24(17-12-6-3-7-13-17,22-16-10-4-2-5-11-16)23-19-15-9-8-14-18(19)20/h2-15,20H,1H3. The van der Waals surface area contributed by atoms with Crippen molar-refractivity contribution in [3.63, 3.8) is 0 Å². The molecule has 0 amide bonds. The van der Waals surface area contributed by atoms with E-state index in [9.17, 15) is 5.11 Å². The molecule has 24 heavy (non-hydrogen) atoms. The van der Waals surface area contributed by atoms with Gasteiger partial charge in [0.1, 0.15) is 5.75 Å². The predicted octanol–water partition coefficient (Wildman–Crippen LogP) is 3.34. The first-order valence-corrected chi connectivity index (χ1v) is 9.28. The Morgan fingerprint density at radius 2 is 1.29 bits per heavy atom. The third kappa shape index (κ3) is 3.42. The Bertz CT molecular complexity index is 780. The summed E-state index contributed by atoms with van der Waals surface area (Å²) in [6, 6.07) is 25.7. The summed E-state index contributed by atoms with van der Waals surface area (Å²) in [5, 5.41) is 10.9. The molecule has 0 aromatic heterocycles. The molecule has 3 aromatic rings. The van der Waals surface area contributed by atoms with E-state index in [4.69, 9.17) is 13.3 Å². The van der Waals surface area contributed by atoms with Crippen LogP contribution in [0.5, 0.6) is 17.2 Å². The molecule has 0 saturated carbocycles. The van der Waals surface area contributed by atoms with Crippen molar-refractivity contribution >= 4 is 14.0 Å². The smallest absolute Gasteiger partial charge is 0.504 e. The lowest BCUT2D eigenvalue weighted by Crippen LogP contribution is -2.61. The van der Waals surface area contributed by atoms with Crippen molar-refractivity contribution in [2.24, 2.45) is 0 Å². The first-order chi connectivity index (χ1) is 11.7. The minimum Gasteiger partial charge on any atom is -0.504 e. The highest BCUT2D eigenvalue weighted by atomic mass is 28.4. The van der Waals surface area contributed by atoms with Crippen molar-refractivity contribution in [2.75, 3.05) is 7.11 Å². The highest BCUT2D eigenvalue weighted by Gasteiger charge is 2.48. The van der Waals surface area contributed by atoms with Crippen molar-refractivity contribution in [1.82, 2.24) is 0 Å². The summed E-state index contributed by atoms with van der Waals surface area (Å²) in [6.45, 7) is 0. The molecule has 3 rings (SSSR count). The maximum Gasteiger partial charge on any atom is 0.669 e. The highest BCUT2D eigenvalue weighted by Crippen LogP contribution is 2.28. The monoisotopic (exact) mass is 338 g/mol. The largest absolute Gasteiger partial charge is 0.669 e. The highest BCUT2D eigenvalue weighted by molar-refractivity contribution is 6.76. The Kier molecular flexibility index (Phi) is 4.84. The van der Waals surface area contributed by atoms with Gasteiger partial charge in [0, 0.05) is 12.3 Å². The van der Waals surface area contributed by atoms with Crippen LogP contribution in [-0.2, 0) is 4.43 Å². The molecule has 0 spiro atoms. The number of hydrogen-bond donors (Lipinski definition) is 1. The summed E-state index contributed by atoms with van der Waals surface area (Å²) in [4.78, 5) is 0. The normalized spacial score (nSPS) is 13.0. The number of para-hydroxylation sites is 3. The minimum atomic E-state index is -3.32. The van der Waals surface area contributed by atoms with Crippen LogP contribution in [0.25, 0.3) is 0 Å². The molecule has 1 atom stereocenters. The molecule has 1 unspecified atom stereocenters. The van der Waals surface area contributed by atoms with Crippen LogP contribution in [0.4, 0.5) is 0 Å². The Hall–Kier alpha value is -2.76. The maximum absolute atomic E-state index is 10.1. The number of aromatic hydroxyl groups is 1. The lowest BCUT2D eigenvalue weighted by atomic mass is 10.3. The second-order valence-corrected chi connectivity index (χ2v) is 7.62. The quantitative estimate of drug-likeness (QED) is 0.700. The Balaban J connectivity index is 2.04. The maximum atomic E-state index is 10.1. The first-order valence-electron chi connectivity index (χ1n) is 7.55. The van der Waals surface area contributed by atoms with E-state index in [1.165, 1.54) is 0 Å². The van der Waals surface area contributed by atoms with E-state index in [0.29, 0.717) is 11.5 Å². The van der Waals surface area contributed by atoms with Crippen LogP contribution in [0.15, 0.2) is 84.9 Å². The molecular weight excluding hydrogens is 320 g/mol. The average Bonchev–Trinajstić information content (AvgIpc) is 2.64. The Morgan fingerprint density at radius 3 is 1.92 bits per heavy atom. The van der Waals surface area contributed by atoms with Crippen LogP contribution in [0.2, 0.25) is 0 Å². The van der Waals surface area contributed by atoms with Crippen molar-refractivity contribution in [3.05, 3.63) is 84.9 Å². The fourth-order valence-electron chi connectivity index (χ4n) is 2.31. The average molecular weight is 338 g/mol. The fourth-order valence-corrected chi connectivity index (χ4v) is 4.50. The molecule has 0 radical (unpaired) electrons. The summed E-state index contributed by atoms with van der Waals surface area (Å²) >= 11 is 0. The zero-order valence-electron chi connectivity index (χ0n) is 13.3. The summed E-state index contributed by atoms with van der Waals surface area (Å²) in [5.41, 5.74) is 0. The van der Waals surface area contributed by atoms with Gasteiger partial charge in [-0.25, -0.2) is 0 Å². The predicted molar refractivity (Wildman–Crippen MR) is 94.6 cm³/mol. The number of hydrogen-bond acceptors (Lipinski definition) is 4. The summed E-state index contributed by atoms with van der Waals surface area (Å²) in [5.74, 6) is 1.01. The van der Waals surface area contributed by atoms with Crippen molar-refractivity contribution < 1.29 is 18.4 Å². The van der Waals surface area contributed by atoms with Crippen molar-refractivity contribution in [2.45, 2.75) is 0 Å². The second kappa shape index (κ2) is 7.21. The molecule has 0 fully saturated rings. The SMILES string of the molecule is CO[Si](Oc1ccccc1)(Oc1ccccc1O)c1ccccc1. The first kappa shape index (κ1) is 16.1. The molecule has 0 aliphatic heterocycles. The van der Waals surface area contributed by atoms with E-state index in [1.54, 1.807) is 31.4 Å². The van der Waals surface area contributed by atoms with Gasteiger partial charge in [-0.1, -0.05) is 60.7 Å². The Morgan fingerprint density at radius 1 is 0.708 bits per heavy atom. The molecule has 0 heterocycles. The zero-order valence-corrected chi connectivity index (χ0v) is 14.3. The molecule has 1 N–H and O–H groups in total. The minimum absolute atomic E-state index is 0.0408. The van der Waals surface area contributed by atoms with Gasteiger partial charge in [0.2, 0.25) is 0 Å². The van der Waals surface area contributed by atoms with Gasteiger partial charge in [0.15, 0.2) is 11.5 Å². The van der Waals surface area contributed by atoms with Crippen LogP contribution >= 0.6 is 0 Å². The van der Waals surface area contributed by atoms with Crippen molar-refractivity contribution in [3.8, 4) is 17.2 Å². The van der Waals surface area contributed by atoms with E-state index in [-0.39, 0.29) is 5.75 Å². The lowest BCUT2D eigenvalue weighted by molar-refractivity contribution is 0.219. The van der Waals surface area contributed by atoms with Crippen LogP contribution in [0, 0.1) is 0 Å². The van der Waals surface area contributed by atoms with Gasteiger partial charge in [0.25, 0.3) is 0 Å². The zero-order chi connectivity index (χ0) is 16.8. The van der Waals surface area contributed by atoms with Crippen LogP contribution in [0.3, 0.4) is 0 Å². The van der Waals surface area contributed by atoms with E-state index < -0.39 is 8.80 Å². The number of phenols is 1. The third-order valence-corrected chi connectivity index (χ3v) is 6.07. The molecule has 0 bridgehead atoms. The molecule has 0 saturated heterocycles. The van der Waals surface area contributed by atoms with Gasteiger partial charge in [-0.05, 0) is 24.3 Å². The van der Waals surface area contributed by atoms with Gasteiger partial charge in [-0.15, -0.1) is 0 Å². The number of rotatable bonds is 6. The molecule has 0 aliphatic carbocycles. The molecule has 5 heteroatoms. The topological polar surface area (TPSA) is 47.9 Å². The molecule has 4 nitrogen and oxygen atoms in total. The second-order valence-electron chi connectivity index (χ2n) is 5.11. The molecule has 0 aliphatic rings. The summed E-state index contributed by atoms with van der Waals surface area (Å²) < 4.78 is 18.1. The van der Waals surface area contributed by atoms with E-state index in [0.717, 1.165) is 5.19 Å². The van der Waals surface area contributed by atoms with Crippen LogP contribution in [0.1, 0.15) is 0 Å². The molecule has 122 valence electrons. The number of phenolic OH excluding ortho intramolecular Hbond substituents is 1. The van der Waals surface area contributed by atoms with Gasteiger partial charge >= 0.3 is 8.80 Å². The fraction of sp³-hybridized carbons (Fsp3) is 0.0526. The van der Waals surface area contributed by atoms with Crippen molar-refractivity contribution in [1.29, 1.82) is 0 Å². The molecular formula is C19H18O4Si. The van der Waals surface area contributed by atoms with Gasteiger partial charge in [0.05, 0.1) is 0 Å². The van der Waals surface area contributed by atoms with Gasteiger partial charge in [-0.3, -0.25) is 0 Å². The van der Waals surface area contributed by atoms with E-state index in [1.807, 2.05) is 60.7 Å². The molecule has 3 aromatic carbocycles. The van der Waals surface area contributed by atoms with Gasteiger partial charge < -0.3 is 18.4 Å².